The second-order valence-corrected chi connectivity index (χ2v) is 7.48. The first-order valence-electron chi connectivity index (χ1n) is 6.90. The first-order chi connectivity index (χ1) is 11.6. The summed E-state index contributed by atoms with van der Waals surface area (Å²) in [5.74, 6) is 1.30. The Hall–Kier alpha value is -2.46. The van der Waals surface area contributed by atoms with Gasteiger partial charge in [0.15, 0.2) is 0 Å². The summed E-state index contributed by atoms with van der Waals surface area (Å²) in [6, 6.07) is 3.69. The fraction of sp³-hybridized carbons (Fsp3) is 0.214. The lowest BCUT2D eigenvalue weighted by Gasteiger charge is -2.05. The van der Waals surface area contributed by atoms with Crippen molar-refractivity contribution in [2.24, 2.45) is 0 Å². The molecular formula is C14H13N5O3S2. The van der Waals surface area contributed by atoms with Crippen LogP contribution in [0.2, 0.25) is 0 Å². The normalized spacial score (nSPS) is 12.8. The molecule has 0 aromatic carbocycles. The minimum atomic E-state index is -1.14. The average Bonchev–Trinajstić information content (AvgIpc) is 3.26. The SMILES string of the molecule is COc1cc(OC)c2cc(-c3cnc4sc(S(C)=O)nn34)nn2c1. The van der Waals surface area contributed by atoms with Crippen LogP contribution >= 0.6 is 11.3 Å². The Labute approximate surface area is 143 Å². The Morgan fingerprint density at radius 3 is 2.75 bits per heavy atom. The molecule has 4 aromatic rings. The standard InChI is InChI=1S/C14H13N5O3S2/c1-21-8-4-12(22-2)10-5-9(16-18(10)7-8)11-6-15-13-19(11)17-14(23-13)24(3)20/h4-7H,1-3H3. The van der Waals surface area contributed by atoms with Crippen molar-refractivity contribution in [2.45, 2.75) is 4.34 Å². The molecule has 1 unspecified atom stereocenters. The molecule has 0 amide bonds. The maximum atomic E-state index is 11.6. The van der Waals surface area contributed by atoms with E-state index in [9.17, 15) is 4.21 Å². The van der Waals surface area contributed by atoms with Crippen LogP contribution in [0.3, 0.4) is 0 Å². The fourth-order valence-electron chi connectivity index (χ4n) is 2.40. The van der Waals surface area contributed by atoms with Crippen molar-refractivity contribution >= 4 is 32.6 Å². The first kappa shape index (κ1) is 15.1. The molecule has 0 aliphatic carbocycles. The van der Waals surface area contributed by atoms with E-state index in [1.807, 2.05) is 6.07 Å². The molecule has 0 N–H and O–H groups in total. The number of pyridine rings is 1. The molecule has 4 aromatic heterocycles. The van der Waals surface area contributed by atoms with E-state index in [2.05, 4.69) is 15.2 Å². The van der Waals surface area contributed by atoms with Crippen molar-refractivity contribution in [3.05, 3.63) is 24.5 Å². The molecule has 124 valence electrons. The summed E-state index contributed by atoms with van der Waals surface area (Å²) in [6.45, 7) is 0. The van der Waals surface area contributed by atoms with E-state index >= 15 is 0 Å². The Balaban J connectivity index is 1.91. The Morgan fingerprint density at radius 1 is 1.21 bits per heavy atom. The van der Waals surface area contributed by atoms with E-state index < -0.39 is 10.8 Å². The van der Waals surface area contributed by atoms with Gasteiger partial charge in [-0.1, -0.05) is 11.3 Å². The topological polar surface area (TPSA) is 83.0 Å². The Kier molecular flexibility index (Phi) is 3.50. The van der Waals surface area contributed by atoms with E-state index in [-0.39, 0.29) is 0 Å². The van der Waals surface area contributed by atoms with Gasteiger partial charge < -0.3 is 9.47 Å². The van der Waals surface area contributed by atoms with Gasteiger partial charge in [0.2, 0.25) is 9.30 Å². The average molecular weight is 363 g/mol. The van der Waals surface area contributed by atoms with Gasteiger partial charge in [0.05, 0.1) is 37.4 Å². The lowest BCUT2D eigenvalue weighted by atomic mass is 10.3. The fourth-order valence-corrected chi connectivity index (χ4v) is 3.90. The number of rotatable bonds is 4. The largest absolute Gasteiger partial charge is 0.495 e. The highest BCUT2D eigenvalue weighted by Crippen LogP contribution is 2.30. The van der Waals surface area contributed by atoms with Crippen molar-refractivity contribution in [1.82, 2.24) is 24.2 Å². The van der Waals surface area contributed by atoms with Gasteiger partial charge in [-0.05, 0) is 6.07 Å². The van der Waals surface area contributed by atoms with Crippen LogP contribution < -0.4 is 9.47 Å². The molecule has 0 saturated heterocycles. The highest BCUT2D eigenvalue weighted by Gasteiger charge is 2.17. The van der Waals surface area contributed by atoms with Gasteiger partial charge in [0.1, 0.15) is 28.4 Å². The molecule has 0 saturated carbocycles. The van der Waals surface area contributed by atoms with Crippen LogP contribution in [0.4, 0.5) is 0 Å². The zero-order valence-corrected chi connectivity index (χ0v) is 14.7. The van der Waals surface area contributed by atoms with Crippen molar-refractivity contribution in [2.75, 3.05) is 20.5 Å². The Bertz CT molecular complexity index is 1080. The van der Waals surface area contributed by atoms with Gasteiger partial charge in [-0.15, -0.1) is 5.10 Å². The Morgan fingerprint density at radius 2 is 2.04 bits per heavy atom. The van der Waals surface area contributed by atoms with Crippen LogP contribution in [0, 0.1) is 0 Å². The minimum Gasteiger partial charge on any atom is -0.495 e. The predicted molar refractivity (Wildman–Crippen MR) is 90.5 cm³/mol. The number of hydrogen-bond donors (Lipinski definition) is 0. The molecule has 24 heavy (non-hydrogen) atoms. The van der Waals surface area contributed by atoms with E-state index in [0.29, 0.717) is 26.5 Å². The second-order valence-electron chi connectivity index (χ2n) is 4.97. The monoisotopic (exact) mass is 363 g/mol. The van der Waals surface area contributed by atoms with Crippen LogP contribution in [0.1, 0.15) is 0 Å². The van der Waals surface area contributed by atoms with Gasteiger partial charge in [0, 0.05) is 12.3 Å². The maximum absolute atomic E-state index is 11.6. The predicted octanol–water partition coefficient (Wildman–Crippen LogP) is 1.86. The third kappa shape index (κ3) is 2.26. The summed E-state index contributed by atoms with van der Waals surface area (Å²) in [7, 11) is 2.04. The second kappa shape index (κ2) is 5.56. The lowest BCUT2D eigenvalue weighted by molar-refractivity contribution is 0.392. The van der Waals surface area contributed by atoms with E-state index in [4.69, 9.17) is 9.47 Å². The highest BCUT2D eigenvalue weighted by atomic mass is 32.2. The molecule has 4 heterocycles. The van der Waals surface area contributed by atoms with Crippen LogP contribution in [0.5, 0.6) is 11.5 Å². The zero-order chi connectivity index (χ0) is 16.8. The van der Waals surface area contributed by atoms with Gasteiger partial charge in [-0.25, -0.2) is 14.0 Å². The lowest BCUT2D eigenvalue weighted by Crippen LogP contribution is -1.95. The summed E-state index contributed by atoms with van der Waals surface area (Å²) in [5, 5.41) is 8.92. The van der Waals surface area contributed by atoms with E-state index in [1.54, 1.807) is 48.0 Å². The van der Waals surface area contributed by atoms with Crippen molar-refractivity contribution in [1.29, 1.82) is 0 Å². The van der Waals surface area contributed by atoms with Crippen molar-refractivity contribution in [3.63, 3.8) is 0 Å². The third-order valence-electron chi connectivity index (χ3n) is 3.54. The summed E-state index contributed by atoms with van der Waals surface area (Å²) in [4.78, 5) is 5.00. The number of imidazole rings is 1. The molecule has 1 atom stereocenters. The minimum absolute atomic E-state index is 0.530. The molecule has 0 aliphatic rings. The third-order valence-corrected chi connectivity index (χ3v) is 5.79. The summed E-state index contributed by atoms with van der Waals surface area (Å²) >= 11 is 1.30. The highest BCUT2D eigenvalue weighted by molar-refractivity contribution is 7.86. The number of fused-ring (bicyclic) bond motifs is 2. The number of methoxy groups -OCH3 is 2. The molecule has 4 rings (SSSR count). The van der Waals surface area contributed by atoms with Crippen LogP contribution in [-0.2, 0) is 10.8 Å². The molecule has 8 nitrogen and oxygen atoms in total. The molecular weight excluding hydrogens is 350 g/mol. The van der Waals surface area contributed by atoms with Crippen molar-refractivity contribution < 1.29 is 13.7 Å². The summed E-state index contributed by atoms with van der Waals surface area (Å²) in [5.41, 5.74) is 2.22. The number of ether oxygens (including phenoxy) is 2. The quantitative estimate of drug-likeness (QED) is 0.550. The van der Waals surface area contributed by atoms with Crippen LogP contribution in [0.25, 0.3) is 21.9 Å². The van der Waals surface area contributed by atoms with Gasteiger partial charge in [-0.2, -0.15) is 5.10 Å². The molecule has 0 radical (unpaired) electrons. The maximum Gasteiger partial charge on any atom is 0.213 e. The number of aromatic nitrogens is 5. The van der Waals surface area contributed by atoms with E-state index in [1.165, 1.54) is 11.3 Å². The summed E-state index contributed by atoms with van der Waals surface area (Å²) in [6.07, 6.45) is 5.07. The first-order valence-corrected chi connectivity index (χ1v) is 9.28. The smallest absolute Gasteiger partial charge is 0.213 e. The molecule has 10 heteroatoms. The van der Waals surface area contributed by atoms with Crippen LogP contribution in [0.15, 0.2) is 28.9 Å². The van der Waals surface area contributed by atoms with Gasteiger partial charge in [0.25, 0.3) is 0 Å². The number of nitrogens with zero attached hydrogens (tertiary/aromatic N) is 5. The molecule has 0 spiro atoms. The van der Waals surface area contributed by atoms with E-state index in [0.717, 1.165) is 11.2 Å². The van der Waals surface area contributed by atoms with Gasteiger partial charge in [-0.3, -0.25) is 4.21 Å². The van der Waals surface area contributed by atoms with Crippen LogP contribution in [-0.4, -0.2) is 48.9 Å². The molecule has 0 aliphatic heterocycles. The molecule has 0 bridgehead atoms. The van der Waals surface area contributed by atoms with Gasteiger partial charge >= 0.3 is 0 Å². The molecule has 0 fully saturated rings. The zero-order valence-electron chi connectivity index (χ0n) is 13.1. The number of hydrogen-bond acceptors (Lipinski definition) is 7. The summed E-state index contributed by atoms with van der Waals surface area (Å²) < 4.78 is 26.2. The van der Waals surface area contributed by atoms with Crippen molar-refractivity contribution in [3.8, 4) is 22.9 Å².